The summed E-state index contributed by atoms with van der Waals surface area (Å²) in [6, 6.07) is 13.4. The zero-order valence-electron chi connectivity index (χ0n) is 18.1. The van der Waals surface area contributed by atoms with E-state index in [0.717, 1.165) is 17.7 Å². The molecule has 0 saturated carbocycles. The highest BCUT2D eigenvalue weighted by molar-refractivity contribution is 7.98. The Labute approximate surface area is 214 Å². The monoisotopic (exact) mass is 540 g/mol. The van der Waals surface area contributed by atoms with Crippen LogP contribution in [0.15, 0.2) is 66.0 Å². The molecule has 34 heavy (non-hydrogen) atoms. The first-order valence-electron chi connectivity index (χ1n) is 10.1. The number of halogens is 6. The second-order valence-electron chi connectivity index (χ2n) is 8.10. The van der Waals surface area contributed by atoms with Crippen LogP contribution in [0.2, 0.25) is 15.1 Å². The third kappa shape index (κ3) is 4.82. The van der Waals surface area contributed by atoms with E-state index in [-0.39, 0.29) is 5.75 Å². The van der Waals surface area contributed by atoms with Crippen LogP contribution >= 0.6 is 46.6 Å². The fourth-order valence-electron chi connectivity index (χ4n) is 3.59. The number of rotatable bonds is 6. The largest absolute Gasteiger partial charge is 0.291 e. The number of thioether (sulfide) groups is 1. The van der Waals surface area contributed by atoms with E-state index in [1.807, 2.05) is 19.9 Å². The van der Waals surface area contributed by atoms with E-state index < -0.39 is 22.9 Å². The van der Waals surface area contributed by atoms with Crippen molar-refractivity contribution in [3.05, 3.63) is 110 Å². The van der Waals surface area contributed by atoms with E-state index >= 15 is 0 Å². The molecule has 1 heterocycles. The van der Waals surface area contributed by atoms with Gasteiger partial charge >= 0.3 is 0 Å². The zero-order chi connectivity index (χ0) is 24.6. The van der Waals surface area contributed by atoms with E-state index in [2.05, 4.69) is 4.98 Å². The summed E-state index contributed by atoms with van der Waals surface area (Å²) in [5.41, 5.74) is 1.60. The van der Waals surface area contributed by atoms with Gasteiger partial charge in [0.1, 0.15) is 5.82 Å². The maximum Gasteiger partial charge on any atom is 0.173 e. The predicted molar refractivity (Wildman–Crippen MR) is 133 cm³/mol. The number of aromatic nitrogens is 2. The minimum absolute atomic E-state index is 0.193. The van der Waals surface area contributed by atoms with Crippen molar-refractivity contribution in [2.24, 2.45) is 0 Å². The Morgan fingerprint density at radius 3 is 2.29 bits per heavy atom. The lowest BCUT2D eigenvalue weighted by Crippen LogP contribution is -2.23. The lowest BCUT2D eigenvalue weighted by molar-refractivity contribution is 0.506. The van der Waals surface area contributed by atoms with Gasteiger partial charge in [0.2, 0.25) is 0 Å². The summed E-state index contributed by atoms with van der Waals surface area (Å²) in [5.74, 6) is -2.18. The van der Waals surface area contributed by atoms with Gasteiger partial charge in [0.15, 0.2) is 16.8 Å². The standard InChI is InChI=1S/C25H18Cl3F3N2S/c1-25(2,14-6-8-18(27)19(28)10-14)23-12-32-24(33(23)15-7-9-21(30)22(31)11-15)34-13-16-17(26)4-3-5-20(16)29/h3-12H,13H2,1-2H3. The summed E-state index contributed by atoms with van der Waals surface area (Å²) in [5, 5.41) is 1.59. The van der Waals surface area contributed by atoms with Gasteiger partial charge < -0.3 is 0 Å². The van der Waals surface area contributed by atoms with Crippen molar-refractivity contribution < 1.29 is 13.2 Å². The molecule has 0 saturated heterocycles. The molecule has 2 nitrogen and oxygen atoms in total. The average Bonchev–Trinajstić information content (AvgIpc) is 3.22. The molecule has 0 aliphatic carbocycles. The van der Waals surface area contributed by atoms with Gasteiger partial charge in [-0.25, -0.2) is 18.2 Å². The summed E-state index contributed by atoms with van der Waals surface area (Å²) in [7, 11) is 0. The molecule has 1 aromatic heterocycles. The number of benzene rings is 3. The van der Waals surface area contributed by atoms with Gasteiger partial charge in [0.05, 0.1) is 27.6 Å². The van der Waals surface area contributed by atoms with Crippen molar-refractivity contribution in [3.8, 4) is 5.69 Å². The molecule has 3 aromatic carbocycles. The number of hydrogen-bond donors (Lipinski definition) is 0. The van der Waals surface area contributed by atoms with E-state index in [0.29, 0.717) is 37.2 Å². The molecule has 4 aromatic rings. The molecule has 0 amide bonds. The van der Waals surface area contributed by atoms with Gasteiger partial charge in [-0.2, -0.15) is 0 Å². The normalized spacial score (nSPS) is 11.8. The molecule has 9 heteroatoms. The Hall–Kier alpha value is -2.12. The molecular weight excluding hydrogens is 524 g/mol. The Morgan fingerprint density at radius 2 is 1.62 bits per heavy atom. The second kappa shape index (κ2) is 9.86. The molecule has 0 fully saturated rings. The first-order chi connectivity index (χ1) is 16.1. The lowest BCUT2D eigenvalue weighted by atomic mass is 9.81. The fraction of sp³-hybridized carbons (Fsp3) is 0.160. The van der Waals surface area contributed by atoms with Crippen LogP contribution in [0, 0.1) is 17.5 Å². The van der Waals surface area contributed by atoms with Crippen molar-refractivity contribution in [2.75, 3.05) is 0 Å². The number of nitrogens with zero attached hydrogens (tertiary/aromatic N) is 2. The maximum atomic E-state index is 14.3. The van der Waals surface area contributed by atoms with Gasteiger partial charge in [-0.05, 0) is 42.0 Å². The van der Waals surface area contributed by atoms with Crippen molar-refractivity contribution in [2.45, 2.75) is 30.2 Å². The summed E-state index contributed by atoms with van der Waals surface area (Å²) in [6.07, 6.45) is 1.66. The van der Waals surface area contributed by atoms with Gasteiger partial charge in [-0.3, -0.25) is 4.57 Å². The molecule has 0 atom stereocenters. The van der Waals surface area contributed by atoms with Crippen molar-refractivity contribution in [1.29, 1.82) is 0 Å². The van der Waals surface area contributed by atoms with Crippen LogP contribution in [-0.2, 0) is 11.2 Å². The zero-order valence-corrected chi connectivity index (χ0v) is 21.1. The smallest absolute Gasteiger partial charge is 0.173 e. The van der Waals surface area contributed by atoms with Gasteiger partial charge in [-0.1, -0.05) is 72.5 Å². The summed E-state index contributed by atoms with van der Waals surface area (Å²) in [6.45, 7) is 3.92. The first-order valence-corrected chi connectivity index (χ1v) is 12.3. The van der Waals surface area contributed by atoms with Crippen LogP contribution in [0.25, 0.3) is 5.69 Å². The quantitative estimate of drug-likeness (QED) is 0.227. The van der Waals surface area contributed by atoms with Gasteiger partial charge in [-0.15, -0.1) is 0 Å². The molecular formula is C25H18Cl3F3N2S. The van der Waals surface area contributed by atoms with Gasteiger partial charge in [0.25, 0.3) is 0 Å². The van der Waals surface area contributed by atoms with Crippen LogP contribution in [0.4, 0.5) is 13.2 Å². The summed E-state index contributed by atoms with van der Waals surface area (Å²) < 4.78 is 43.9. The molecule has 0 spiro atoms. The molecule has 0 radical (unpaired) electrons. The van der Waals surface area contributed by atoms with Crippen LogP contribution < -0.4 is 0 Å². The topological polar surface area (TPSA) is 17.8 Å². The first kappa shape index (κ1) is 25.0. The Kier molecular flexibility index (Phi) is 7.25. The second-order valence-corrected chi connectivity index (χ2v) is 10.3. The minimum atomic E-state index is -0.988. The Bertz CT molecular complexity index is 1350. The van der Waals surface area contributed by atoms with E-state index in [9.17, 15) is 13.2 Å². The SMILES string of the molecule is CC(C)(c1ccc(Cl)c(Cl)c1)c1cnc(SCc2c(F)cccc2Cl)n1-c1ccc(F)c(F)c1. The minimum Gasteiger partial charge on any atom is -0.291 e. The third-order valence-electron chi connectivity index (χ3n) is 5.58. The summed E-state index contributed by atoms with van der Waals surface area (Å²) >= 11 is 19.8. The van der Waals surface area contributed by atoms with Crippen molar-refractivity contribution in [1.82, 2.24) is 9.55 Å². The Morgan fingerprint density at radius 1 is 0.853 bits per heavy atom. The van der Waals surface area contributed by atoms with Crippen LogP contribution in [-0.4, -0.2) is 9.55 Å². The highest BCUT2D eigenvalue weighted by Gasteiger charge is 2.30. The maximum absolute atomic E-state index is 14.3. The van der Waals surface area contributed by atoms with E-state index in [1.54, 1.807) is 29.0 Å². The average molecular weight is 542 g/mol. The summed E-state index contributed by atoms with van der Waals surface area (Å²) in [4.78, 5) is 4.54. The molecule has 0 unspecified atom stereocenters. The number of hydrogen-bond acceptors (Lipinski definition) is 2. The molecule has 4 rings (SSSR count). The Balaban J connectivity index is 1.83. The van der Waals surface area contributed by atoms with Crippen LogP contribution in [0.3, 0.4) is 0 Å². The third-order valence-corrected chi connectivity index (χ3v) is 7.65. The molecule has 0 N–H and O–H groups in total. The molecule has 0 aliphatic rings. The van der Waals surface area contributed by atoms with Gasteiger partial charge in [0, 0.05) is 27.8 Å². The van der Waals surface area contributed by atoms with Crippen molar-refractivity contribution in [3.63, 3.8) is 0 Å². The molecule has 0 aliphatic heterocycles. The van der Waals surface area contributed by atoms with E-state index in [1.165, 1.54) is 30.0 Å². The lowest BCUT2D eigenvalue weighted by Gasteiger charge is -2.28. The van der Waals surface area contributed by atoms with Crippen LogP contribution in [0.1, 0.15) is 30.7 Å². The van der Waals surface area contributed by atoms with E-state index in [4.69, 9.17) is 34.8 Å². The number of imidazole rings is 1. The fourth-order valence-corrected chi connectivity index (χ4v) is 5.23. The highest BCUT2D eigenvalue weighted by atomic mass is 35.5. The highest BCUT2D eigenvalue weighted by Crippen LogP contribution is 2.39. The predicted octanol–water partition coefficient (Wildman–Crippen LogP) is 8.87. The molecule has 0 bridgehead atoms. The van der Waals surface area contributed by atoms with Crippen molar-refractivity contribution >= 4 is 46.6 Å². The molecule has 176 valence electrons. The van der Waals surface area contributed by atoms with Crippen LogP contribution in [0.5, 0.6) is 0 Å².